The Hall–Kier alpha value is -1.16. The number of pyridine rings is 1. The van der Waals surface area contributed by atoms with E-state index in [9.17, 15) is 4.39 Å². The molecule has 4 heteroatoms. The molecule has 1 aliphatic rings. The van der Waals surface area contributed by atoms with Crippen molar-refractivity contribution in [2.24, 2.45) is 5.73 Å². The summed E-state index contributed by atoms with van der Waals surface area (Å²) in [5.41, 5.74) is 5.73. The van der Waals surface area contributed by atoms with Gasteiger partial charge in [-0.05, 0) is 18.9 Å². The van der Waals surface area contributed by atoms with E-state index in [0.29, 0.717) is 17.4 Å². The summed E-state index contributed by atoms with van der Waals surface area (Å²) in [4.78, 5) is 3.56. The van der Waals surface area contributed by atoms with Gasteiger partial charge in [0.2, 0.25) is 5.95 Å². The maximum Gasteiger partial charge on any atom is 0.217 e. The Morgan fingerprint density at radius 2 is 2.38 bits per heavy atom. The minimum Gasteiger partial charge on any atom is -0.489 e. The first-order valence-electron chi connectivity index (χ1n) is 4.30. The highest BCUT2D eigenvalue weighted by atomic mass is 19.1. The van der Waals surface area contributed by atoms with Crippen LogP contribution in [0.3, 0.4) is 0 Å². The third-order valence-corrected chi connectivity index (χ3v) is 1.93. The SMILES string of the molecule is NCc1cc(OC2CC2)cnc1F. The topological polar surface area (TPSA) is 48.1 Å². The van der Waals surface area contributed by atoms with Crippen LogP contribution in [0.15, 0.2) is 12.3 Å². The molecule has 0 aliphatic heterocycles. The van der Waals surface area contributed by atoms with Gasteiger partial charge in [-0.1, -0.05) is 0 Å². The number of hydrogen-bond donors (Lipinski definition) is 1. The zero-order valence-electron chi connectivity index (χ0n) is 7.16. The molecule has 0 amide bonds. The second-order valence-electron chi connectivity index (χ2n) is 3.14. The van der Waals surface area contributed by atoms with Gasteiger partial charge >= 0.3 is 0 Å². The second-order valence-corrected chi connectivity index (χ2v) is 3.14. The van der Waals surface area contributed by atoms with Crippen LogP contribution in [0.2, 0.25) is 0 Å². The summed E-state index contributed by atoms with van der Waals surface area (Å²) in [6.45, 7) is 0.153. The Kier molecular flexibility index (Phi) is 2.14. The number of hydrogen-bond acceptors (Lipinski definition) is 3. The zero-order chi connectivity index (χ0) is 9.26. The van der Waals surface area contributed by atoms with E-state index in [-0.39, 0.29) is 6.54 Å². The predicted octanol–water partition coefficient (Wildman–Crippen LogP) is 1.22. The first-order chi connectivity index (χ1) is 6.29. The molecule has 0 radical (unpaired) electrons. The summed E-state index contributed by atoms with van der Waals surface area (Å²) in [5, 5.41) is 0. The molecule has 1 aliphatic carbocycles. The minimum atomic E-state index is -0.509. The molecule has 2 rings (SSSR count). The van der Waals surface area contributed by atoms with Crippen molar-refractivity contribution in [3.05, 3.63) is 23.8 Å². The van der Waals surface area contributed by atoms with Crippen LogP contribution in [-0.4, -0.2) is 11.1 Å². The van der Waals surface area contributed by atoms with Crippen LogP contribution < -0.4 is 10.5 Å². The molecule has 0 aromatic carbocycles. The molecular formula is C9H11FN2O. The maximum absolute atomic E-state index is 12.9. The summed E-state index contributed by atoms with van der Waals surface area (Å²) >= 11 is 0. The molecule has 13 heavy (non-hydrogen) atoms. The predicted molar refractivity (Wildman–Crippen MR) is 45.7 cm³/mol. The maximum atomic E-state index is 12.9. The third-order valence-electron chi connectivity index (χ3n) is 1.93. The molecule has 70 valence electrons. The molecule has 0 saturated heterocycles. The largest absolute Gasteiger partial charge is 0.489 e. The highest BCUT2D eigenvalue weighted by molar-refractivity contribution is 5.25. The quantitative estimate of drug-likeness (QED) is 0.715. The summed E-state index contributed by atoms with van der Waals surface area (Å²) in [6.07, 6.45) is 3.86. The number of aromatic nitrogens is 1. The highest BCUT2D eigenvalue weighted by Crippen LogP contribution is 2.26. The van der Waals surface area contributed by atoms with E-state index in [0.717, 1.165) is 12.8 Å². The first kappa shape index (κ1) is 8.44. The van der Waals surface area contributed by atoms with Crippen LogP contribution >= 0.6 is 0 Å². The van der Waals surface area contributed by atoms with Crippen LogP contribution in [0, 0.1) is 5.95 Å². The normalized spacial score (nSPS) is 15.8. The Bertz CT molecular complexity index is 312. The number of nitrogens with two attached hydrogens (primary N) is 1. The molecule has 1 aromatic rings. The van der Waals surface area contributed by atoms with Gasteiger partial charge in [0.1, 0.15) is 5.75 Å². The van der Waals surface area contributed by atoms with Gasteiger partial charge in [-0.2, -0.15) is 4.39 Å². The molecule has 1 saturated carbocycles. The highest BCUT2D eigenvalue weighted by Gasteiger charge is 2.23. The lowest BCUT2D eigenvalue weighted by Gasteiger charge is -2.05. The van der Waals surface area contributed by atoms with Crippen molar-refractivity contribution < 1.29 is 9.13 Å². The van der Waals surface area contributed by atoms with Gasteiger partial charge in [0.15, 0.2) is 0 Å². The molecule has 0 unspecified atom stereocenters. The fourth-order valence-electron chi connectivity index (χ4n) is 1.06. The van der Waals surface area contributed by atoms with E-state index in [1.165, 1.54) is 6.20 Å². The van der Waals surface area contributed by atoms with Gasteiger partial charge < -0.3 is 10.5 Å². The molecule has 0 spiro atoms. The average Bonchev–Trinajstić information content (AvgIpc) is 2.92. The summed E-state index contributed by atoms with van der Waals surface area (Å²) < 4.78 is 18.3. The lowest BCUT2D eigenvalue weighted by molar-refractivity contribution is 0.300. The molecule has 1 heterocycles. The van der Waals surface area contributed by atoms with Gasteiger partial charge in [-0.3, -0.25) is 0 Å². The smallest absolute Gasteiger partial charge is 0.217 e. The molecule has 3 nitrogen and oxygen atoms in total. The number of ether oxygens (including phenoxy) is 1. The molecular weight excluding hydrogens is 171 g/mol. The van der Waals surface area contributed by atoms with E-state index in [2.05, 4.69) is 4.98 Å². The van der Waals surface area contributed by atoms with E-state index in [1.54, 1.807) is 6.07 Å². The molecule has 0 atom stereocenters. The third kappa shape index (κ3) is 1.95. The lowest BCUT2D eigenvalue weighted by atomic mass is 10.3. The van der Waals surface area contributed by atoms with Gasteiger partial charge in [-0.25, -0.2) is 4.98 Å². The summed E-state index contributed by atoms with van der Waals surface area (Å²) in [5.74, 6) is 0.106. The van der Waals surface area contributed by atoms with Gasteiger partial charge in [0.05, 0.1) is 12.3 Å². The fourth-order valence-corrected chi connectivity index (χ4v) is 1.06. The molecule has 1 aromatic heterocycles. The van der Waals surface area contributed by atoms with Crippen LogP contribution in [0.4, 0.5) is 4.39 Å². The minimum absolute atomic E-state index is 0.153. The van der Waals surface area contributed by atoms with E-state index in [1.807, 2.05) is 0 Å². The lowest BCUT2D eigenvalue weighted by Crippen LogP contribution is -2.04. The van der Waals surface area contributed by atoms with Crippen molar-refractivity contribution in [2.45, 2.75) is 25.5 Å². The molecule has 2 N–H and O–H groups in total. The van der Waals surface area contributed by atoms with Crippen molar-refractivity contribution in [1.82, 2.24) is 4.98 Å². The fraction of sp³-hybridized carbons (Fsp3) is 0.444. The Labute approximate surface area is 75.7 Å². The molecule has 0 bridgehead atoms. The summed E-state index contributed by atoms with van der Waals surface area (Å²) in [6, 6.07) is 1.61. The average molecular weight is 182 g/mol. The van der Waals surface area contributed by atoms with Crippen molar-refractivity contribution in [3.63, 3.8) is 0 Å². The number of halogens is 1. The Morgan fingerprint density at radius 1 is 1.62 bits per heavy atom. The van der Waals surface area contributed by atoms with Gasteiger partial charge in [0, 0.05) is 12.1 Å². The first-order valence-corrected chi connectivity index (χ1v) is 4.30. The van der Waals surface area contributed by atoms with Crippen molar-refractivity contribution in [1.29, 1.82) is 0 Å². The van der Waals surface area contributed by atoms with Crippen molar-refractivity contribution in [2.75, 3.05) is 0 Å². The van der Waals surface area contributed by atoms with E-state index >= 15 is 0 Å². The monoisotopic (exact) mass is 182 g/mol. The van der Waals surface area contributed by atoms with Crippen molar-refractivity contribution in [3.8, 4) is 5.75 Å². The Morgan fingerprint density at radius 3 is 3.00 bits per heavy atom. The number of nitrogens with zero attached hydrogens (tertiary/aromatic N) is 1. The van der Waals surface area contributed by atoms with Crippen LogP contribution in [0.1, 0.15) is 18.4 Å². The molecule has 1 fully saturated rings. The Balaban J connectivity index is 2.16. The van der Waals surface area contributed by atoms with Crippen molar-refractivity contribution >= 4 is 0 Å². The van der Waals surface area contributed by atoms with Crippen LogP contribution in [0.25, 0.3) is 0 Å². The summed E-state index contributed by atoms with van der Waals surface area (Å²) in [7, 11) is 0. The van der Waals surface area contributed by atoms with E-state index in [4.69, 9.17) is 10.5 Å². The van der Waals surface area contributed by atoms with Gasteiger partial charge in [0.25, 0.3) is 0 Å². The van der Waals surface area contributed by atoms with Gasteiger partial charge in [-0.15, -0.1) is 0 Å². The van der Waals surface area contributed by atoms with Crippen LogP contribution in [0.5, 0.6) is 5.75 Å². The van der Waals surface area contributed by atoms with Crippen LogP contribution in [-0.2, 0) is 6.54 Å². The number of rotatable bonds is 3. The standard InChI is InChI=1S/C9H11FN2O/c10-9-6(4-11)3-8(5-12-9)13-7-1-2-7/h3,5,7H,1-2,4,11H2. The zero-order valence-corrected chi connectivity index (χ0v) is 7.16. The van der Waals surface area contributed by atoms with E-state index < -0.39 is 5.95 Å². The second kappa shape index (κ2) is 3.30.